The second kappa shape index (κ2) is 11.0. The number of nitrogens with zero attached hydrogens (tertiary/aromatic N) is 3. The van der Waals surface area contributed by atoms with E-state index in [2.05, 4.69) is 146 Å². The number of halogens is 1. The summed E-state index contributed by atoms with van der Waals surface area (Å²) in [5.74, 6) is 0.134. The van der Waals surface area contributed by atoms with Gasteiger partial charge < -0.3 is 14.7 Å². The van der Waals surface area contributed by atoms with Crippen molar-refractivity contribution in [2.24, 2.45) is 0 Å². The first-order chi connectivity index (χ1) is 18.4. The Morgan fingerprint density at radius 3 is 1.60 bits per heavy atom. The van der Waals surface area contributed by atoms with E-state index in [9.17, 15) is 0 Å². The van der Waals surface area contributed by atoms with Crippen LogP contribution in [0.15, 0.2) is 54.6 Å². The number of rotatable bonds is 4. The van der Waals surface area contributed by atoms with Crippen molar-refractivity contribution in [2.75, 3.05) is 49.9 Å². The van der Waals surface area contributed by atoms with Gasteiger partial charge in [-0.1, -0.05) is 41.5 Å². The van der Waals surface area contributed by atoms with Crippen molar-refractivity contribution in [1.29, 1.82) is 0 Å². The van der Waals surface area contributed by atoms with E-state index in [4.69, 9.17) is 0 Å². The number of hydrogen-bond donors (Lipinski definition) is 0. The zero-order chi connectivity index (χ0) is 28.3. The normalized spacial score (nSPS) is 13.9. The minimum absolute atomic E-state index is 0. The topological polar surface area (TPSA) is 9.72 Å². The number of hydrogen-bond acceptors (Lipinski definition) is 3. The molecule has 3 nitrogen and oxygen atoms in total. The molecule has 0 saturated heterocycles. The van der Waals surface area contributed by atoms with Gasteiger partial charge in [0.15, 0.2) is 0 Å². The van der Waals surface area contributed by atoms with Crippen molar-refractivity contribution in [1.82, 2.24) is 0 Å². The molecule has 210 valence electrons. The summed E-state index contributed by atoms with van der Waals surface area (Å²) in [6.07, 6.45) is 0. The molecule has 0 radical (unpaired) electrons. The third-order valence-electron chi connectivity index (χ3n) is 8.49. The summed E-state index contributed by atoms with van der Waals surface area (Å²) in [4.78, 5) is 6.85. The fourth-order valence-corrected chi connectivity index (χ4v) is 6.85. The summed E-state index contributed by atoms with van der Waals surface area (Å²) < 4.78 is 0. The Hall–Kier alpha value is -3.24. The predicted octanol–water partition coefficient (Wildman–Crippen LogP) is 9.18. The van der Waals surface area contributed by atoms with Gasteiger partial charge >= 0.3 is 0 Å². The Bertz CT molecular complexity index is 1550. The van der Waals surface area contributed by atoms with E-state index in [1.165, 1.54) is 83.9 Å². The number of aryl methyl sites for hydroxylation is 6. The van der Waals surface area contributed by atoms with Crippen LogP contribution in [-0.2, 0) is 0 Å². The quantitative estimate of drug-likeness (QED) is 0.232. The Kier molecular flexibility index (Phi) is 8.15. The highest BCUT2D eigenvalue weighted by molar-refractivity contribution is 8.93. The summed E-state index contributed by atoms with van der Waals surface area (Å²) >= 11 is 0. The van der Waals surface area contributed by atoms with Crippen LogP contribution in [0.25, 0.3) is 11.1 Å². The van der Waals surface area contributed by atoms with Crippen molar-refractivity contribution in [3.05, 3.63) is 105 Å². The first kappa shape index (κ1) is 29.7. The molecule has 1 unspecified atom stereocenters. The molecular formula is C36H44BrN3. The molecule has 1 atom stereocenters. The monoisotopic (exact) mass is 597 g/mol. The third kappa shape index (κ3) is 4.92. The minimum atomic E-state index is 0. The fourth-order valence-electron chi connectivity index (χ4n) is 6.85. The lowest BCUT2D eigenvalue weighted by Crippen LogP contribution is -2.25. The lowest BCUT2D eigenvalue weighted by molar-refractivity contribution is 0.904. The zero-order valence-corrected chi connectivity index (χ0v) is 27.7. The Morgan fingerprint density at radius 2 is 1.07 bits per heavy atom. The van der Waals surface area contributed by atoms with E-state index >= 15 is 0 Å². The molecule has 40 heavy (non-hydrogen) atoms. The van der Waals surface area contributed by atoms with Crippen molar-refractivity contribution in [3.63, 3.8) is 0 Å². The van der Waals surface area contributed by atoms with Gasteiger partial charge in [0.1, 0.15) is 0 Å². The van der Waals surface area contributed by atoms with Gasteiger partial charge in [-0.2, -0.15) is 0 Å². The molecule has 0 bridgehead atoms. The molecular weight excluding hydrogens is 554 g/mol. The maximum Gasteiger partial charge on any atom is 0.0477 e. The predicted molar refractivity (Wildman–Crippen MR) is 181 cm³/mol. The third-order valence-corrected chi connectivity index (χ3v) is 8.49. The highest BCUT2D eigenvalue weighted by Gasteiger charge is 2.35. The molecule has 1 heterocycles. The molecule has 1 aliphatic rings. The fraction of sp³-hybridized carbons (Fsp3) is 0.333. The van der Waals surface area contributed by atoms with E-state index in [-0.39, 0.29) is 22.9 Å². The van der Waals surface area contributed by atoms with Crippen LogP contribution in [0, 0.1) is 41.5 Å². The van der Waals surface area contributed by atoms with Crippen molar-refractivity contribution < 1.29 is 0 Å². The Balaban J connectivity index is 0.00000370. The zero-order valence-electron chi connectivity index (χ0n) is 26.0. The molecule has 0 aromatic heterocycles. The first-order valence-corrected chi connectivity index (χ1v) is 13.9. The second-order valence-corrected chi connectivity index (χ2v) is 12.0. The molecule has 4 aromatic carbocycles. The van der Waals surface area contributed by atoms with E-state index in [1.807, 2.05) is 0 Å². The average molecular weight is 599 g/mol. The van der Waals surface area contributed by atoms with Crippen LogP contribution in [0.1, 0.15) is 56.0 Å². The van der Waals surface area contributed by atoms with Crippen LogP contribution >= 0.6 is 17.0 Å². The molecule has 1 aliphatic heterocycles. The molecule has 0 fully saturated rings. The van der Waals surface area contributed by atoms with E-state index in [1.54, 1.807) is 0 Å². The molecule has 5 rings (SSSR count). The van der Waals surface area contributed by atoms with Gasteiger partial charge in [0.05, 0.1) is 0 Å². The summed E-state index contributed by atoms with van der Waals surface area (Å²) in [5, 5.41) is 0. The number of anilines is 4. The summed E-state index contributed by atoms with van der Waals surface area (Å²) in [7, 11) is 10.8. The molecule has 0 spiro atoms. The summed E-state index contributed by atoms with van der Waals surface area (Å²) in [5.41, 5.74) is 19.9. The van der Waals surface area contributed by atoms with E-state index in [0.29, 0.717) is 0 Å². The minimum Gasteiger partial charge on any atom is -0.378 e. The van der Waals surface area contributed by atoms with Gasteiger partial charge in [-0.25, -0.2) is 0 Å². The molecule has 0 saturated carbocycles. The van der Waals surface area contributed by atoms with Gasteiger partial charge in [-0.05, 0) is 116 Å². The summed E-state index contributed by atoms with van der Waals surface area (Å²) in [6, 6.07) is 21.2. The average Bonchev–Trinajstić information content (AvgIpc) is 2.84. The number of benzene rings is 4. The number of fused-ring (bicyclic) bond motifs is 2. The second-order valence-electron chi connectivity index (χ2n) is 12.0. The van der Waals surface area contributed by atoms with Crippen molar-refractivity contribution >= 4 is 39.7 Å². The van der Waals surface area contributed by atoms with Gasteiger partial charge in [0.25, 0.3) is 0 Å². The largest absolute Gasteiger partial charge is 0.378 e. The van der Waals surface area contributed by atoms with Gasteiger partial charge in [0.2, 0.25) is 0 Å². The molecule has 0 N–H and O–H groups in total. The van der Waals surface area contributed by atoms with Gasteiger partial charge in [0, 0.05) is 63.9 Å². The first-order valence-electron chi connectivity index (χ1n) is 13.9. The summed E-state index contributed by atoms with van der Waals surface area (Å²) in [6.45, 7) is 13.5. The molecule has 4 aromatic rings. The highest BCUT2D eigenvalue weighted by atomic mass is 79.9. The smallest absolute Gasteiger partial charge is 0.0477 e. The van der Waals surface area contributed by atoms with Crippen LogP contribution < -0.4 is 14.7 Å². The molecule has 0 aliphatic carbocycles. The van der Waals surface area contributed by atoms with E-state index in [0.717, 1.165) is 0 Å². The molecule has 4 heteroatoms. The van der Waals surface area contributed by atoms with Gasteiger partial charge in [-0.15, -0.1) is 17.0 Å². The standard InChI is InChI=1S/C36H43N3.BrH/c1-21-14-23(3)33(24(4)15-21)30-18-28(38(9)10)20-32-35(30)36(34-25(5)16-22(2)17-26(34)6)29-13-12-27(37(7)8)19-31(29)39(32)11;/h12-20,36H,1-11H3;1H. The highest BCUT2D eigenvalue weighted by Crippen LogP contribution is 2.54. The van der Waals surface area contributed by atoms with Crippen LogP contribution in [-0.4, -0.2) is 35.2 Å². The maximum absolute atomic E-state index is 2.42. The maximum atomic E-state index is 2.42. The Morgan fingerprint density at radius 1 is 0.575 bits per heavy atom. The molecule has 0 amide bonds. The van der Waals surface area contributed by atoms with E-state index < -0.39 is 0 Å². The van der Waals surface area contributed by atoms with Crippen LogP contribution in [0.3, 0.4) is 0 Å². The van der Waals surface area contributed by atoms with Crippen molar-refractivity contribution in [3.8, 4) is 11.1 Å². The van der Waals surface area contributed by atoms with Crippen LogP contribution in [0.2, 0.25) is 0 Å². The van der Waals surface area contributed by atoms with Crippen LogP contribution in [0.5, 0.6) is 0 Å². The van der Waals surface area contributed by atoms with Crippen LogP contribution in [0.4, 0.5) is 22.7 Å². The van der Waals surface area contributed by atoms with Gasteiger partial charge in [-0.3, -0.25) is 0 Å². The Labute approximate surface area is 252 Å². The lowest BCUT2D eigenvalue weighted by atomic mass is 9.73. The lowest BCUT2D eigenvalue weighted by Gasteiger charge is -2.40. The SMILES string of the molecule is Br.Cc1cc(C)c(-c2cc(N(C)C)cc3c2C(c2c(C)cc(C)cc2C)c2ccc(N(C)C)cc2N3C)c(C)c1. The van der Waals surface area contributed by atoms with Crippen molar-refractivity contribution in [2.45, 2.75) is 47.5 Å².